The SMILES string of the molecule is C=N/C(=N\C=C(/C)c1nc(CC(=O)N2CCc3[nH]nnc3C2)cn1-c1ccc(Cl)cc1)NC1Cc2ccccc2C1. The molecular weight excluding hydrogens is 538 g/mol. The van der Waals surface area contributed by atoms with Gasteiger partial charge in [-0.25, -0.2) is 15.0 Å². The van der Waals surface area contributed by atoms with E-state index in [4.69, 9.17) is 16.6 Å². The number of guanidine groups is 1. The number of halogens is 1. The third kappa shape index (κ3) is 5.83. The number of aromatic nitrogens is 5. The van der Waals surface area contributed by atoms with Crippen LogP contribution in [-0.2, 0) is 37.0 Å². The maximum absolute atomic E-state index is 13.2. The van der Waals surface area contributed by atoms with Crippen molar-refractivity contribution in [2.45, 2.75) is 45.2 Å². The number of carbonyl (C=O) groups is 1. The van der Waals surface area contributed by atoms with Gasteiger partial charge in [-0.3, -0.25) is 14.5 Å². The van der Waals surface area contributed by atoms with Gasteiger partial charge in [-0.2, -0.15) is 0 Å². The Hall–Kier alpha value is -4.57. The summed E-state index contributed by atoms with van der Waals surface area (Å²) in [5.74, 6) is 1.12. The zero-order chi connectivity index (χ0) is 28.3. The summed E-state index contributed by atoms with van der Waals surface area (Å²) < 4.78 is 1.95. The van der Waals surface area contributed by atoms with Crippen molar-refractivity contribution in [2.24, 2.45) is 9.98 Å². The highest BCUT2D eigenvalue weighted by atomic mass is 35.5. The van der Waals surface area contributed by atoms with Crippen LogP contribution in [0.1, 0.15) is 41.0 Å². The number of carbonyl (C=O) groups excluding carboxylic acids is 1. The number of benzene rings is 2. The summed E-state index contributed by atoms with van der Waals surface area (Å²) in [6.07, 6.45) is 6.33. The molecule has 1 aliphatic heterocycles. The van der Waals surface area contributed by atoms with Gasteiger partial charge in [-0.05, 0) is 61.9 Å². The van der Waals surface area contributed by atoms with Crippen molar-refractivity contribution in [3.63, 3.8) is 0 Å². The molecule has 0 saturated heterocycles. The van der Waals surface area contributed by atoms with Crippen LogP contribution in [0.15, 0.2) is 70.9 Å². The molecule has 10 nitrogen and oxygen atoms in total. The molecule has 0 radical (unpaired) electrons. The van der Waals surface area contributed by atoms with Gasteiger partial charge >= 0.3 is 0 Å². The summed E-state index contributed by atoms with van der Waals surface area (Å²) in [7, 11) is 0. The monoisotopic (exact) mass is 567 g/mol. The lowest BCUT2D eigenvalue weighted by Gasteiger charge is -2.25. The molecule has 0 fully saturated rings. The van der Waals surface area contributed by atoms with E-state index in [0.29, 0.717) is 42.0 Å². The molecule has 3 heterocycles. The maximum Gasteiger partial charge on any atom is 0.229 e. The lowest BCUT2D eigenvalue weighted by atomic mass is 10.1. The third-order valence-corrected chi connectivity index (χ3v) is 7.74. The highest BCUT2D eigenvalue weighted by Crippen LogP contribution is 2.24. The van der Waals surface area contributed by atoms with Crippen LogP contribution in [0.2, 0.25) is 5.02 Å². The first-order chi connectivity index (χ1) is 20.0. The van der Waals surface area contributed by atoms with Crippen LogP contribution < -0.4 is 5.32 Å². The van der Waals surface area contributed by atoms with Crippen LogP contribution in [0.3, 0.4) is 0 Å². The Labute approximate surface area is 242 Å². The number of imidazole rings is 1. The number of aromatic amines is 1. The van der Waals surface area contributed by atoms with Crippen LogP contribution in [0.5, 0.6) is 0 Å². The van der Waals surface area contributed by atoms with Gasteiger partial charge in [-0.1, -0.05) is 41.1 Å². The van der Waals surface area contributed by atoms with Crippen LogP contribution in [0, 0.1) is 0 Å². The minimum Gasteiger partial charge on any atom is -0.351 e. The van der Waals surface area contributed by atoms with Gasteiger partial charge in [-0.15, -0.1) is 5.10 Å². The van der Waals surface area contributed by atoms with Gasteiger partial charge in [0.15, 0.2) is 0 Å². The van der Waals surface area contributed by atoms with Gasteiger partial charge in [0.25, 0.3) is 0 Å². The van der Waals surface area contributed by atoms with Crippen molar-refractivity contribution >= 4 is 35.8 Å². The lowest BCUT2D eigenvalue weighted by Crippen LogP contribution is -2.37. The number of hydrogen-bond donors (Lipinski definition) is 2. The molecule has 0 saturated carbocycles. The summed E-state index contributed by atoms with van der Waals surface area (Å²) in [5.41, 5.74) is 6.84. The second-order valence-electron chi connectivity index (χ2n) is 10.3. The first-order valence-corrected chi connectivity index (χ1v) is 13.9. The van der Waals surface area contributed by atoms with Crippen LogP contribution in [0.25, 0.3) is 11.3 Å². The Morgan fingerprint density at radius 1 is 1.20 bits per heavy atom. The van der Waals surface area contributed by atoms with E-state index >= 15 is 0 Å². The molecule has 6 rings (SSSR count). The normalized spacial score (nSPS) is 15.5. The summed E-state index contributed by atoms with van der Waals surface area (Å²) in [4.78, 5) is 28.6. The second-order valence-corrected chi connectivity index (χ2v) is 10.8. The molecule has 0 unspecified atom stereocenters. The van der Waals surface area contributed by atoms with Crippen LogP contribution in [-0.4, -0.2) is 61.0 Å². The Bertz CT molecular complexity index is 1630. The van der Waals surface area contributed by atoms with Crippen molar-refractivity contribution in [3.05, 3.63) is 100.0 Å². The standard InChI is InChI=1S/C30H30ClN9O/c1-19(16-33-30(32-2)35-23-13-20-5-3-4-6-21(20)14-23)29-34-24(17-40(29)25-9-7-22(31)8-10-25)15-28(41)39-12-11-26-27(18-39)37-38-36-26/h3-10,16-17,23H,2,11-15,18H2,1H3,(H,33,35)(H,36,37,38)/b19-16+. The number of nitrogens with one attached hydrogen (secondary N) is 2. The van der Waals surface area contributed by atoms with E-state index in [0.717, 1.165) is 35.5 Å². The molecule has 2 aromatic heterocycles. The Morgan fingerprint density at radius 2 is 1.95 bits per heavy atom. The van der Waals surface area contributed by atoms with Crippen molar-refractivity contribution in [1.82, 2.24) is 35.2 Å². The Morgan fingerprint density at radius 3 is 2.68 bits per heavy atom. The van der Waals surface area contributed by atoms with E-state index in [-0.39, 0.29) is 18.4 Å². The highest BCUT2D eigenvalue weighted by Gasteiger charge is 2.25. The number of aliphatic imine (C=N–C) groups is 2. The van der Waals surface area contributed by atoms with Gasteiger partial charge < -0.3 is 10.2 Å². The quantitative estimate of drug-likeness (QED) is 0.270. The smallest absolute Gasteiger partial charge is 0.229 e. The largest absolute Gasteiger partial charge is 0.351 e. The predicted octanol–water partition coefficient (Wildman–Crippen LogP) is 3.95. The average molecular weight is 568 g/mol. The second kappa shape index (κ2) is 11.5. The predicted molar refractivity (Wildman–Crippen MR) is 159 cm³/mol. The topological polar surface area (TPSA) is 116 Å². The molecule has 2 aliphatic rings. The Kier molecular flexibility index (Phi) is 7.47. The first-order valence-electron chi connectivity index (χ1n) is 13.5. The van der Waals surface area contributed by atoms with E-state index in [9.17, 15) is 4.79 Å². The van der Waals surface area contributed by atoms with E-state index in [2.05, 4.69) is 61.7 Å². The van der Waals surface area contributed by atoms with Gasteiger partial charge in [0.2, 0.25) is 11.9 Å². The number of hydrogen-bond acceptors (Lipinski definition) is 5. The molecule has 2 N–H and O–H groups in total. The fourth-order valence-electron chi connectivity index (χ4n) is 5.36. The van der Waals surface area contributed by atoms with Gasteiger partial charge in [0, 0.05) is 47.7 Å². The molecule has 1 aliphatic carbocycles. The molecular formula is C30H30ClN9O. The van der Waals surface area contributed by atoms with Gasteiger partial charge in [0.1, 0.15) is 11.5 Å². The Balaban J connectivity index is 1.23. The summed E-state index contributed by atoms with van der Waals surface area (Å²) in [5, 5.41) is 14.9. The number of nitrogens with zero attached hydrogens (tertiary/aromatic N) is 7. The van der Waals surface area contributed by atoms with E-state index in [1.54, 1.807) is 11.1 Å². The first kappa shape index (κ1) is 26.6. The zero-order valence-electron chi connectivity index (χ0n) is 22.7. The van der Waals surface area contributed by atoms with Gasteiger partial charge in [0.05, 0.1) is 24.4 Å². The van der Waals surface area contributed by atoms with Crippen molar-refractivity contribution in [2.75, 3.05) is 6.54 Å². The molecule has 0 bridgehead atoms. The molecule has 208 valence electrons. The fourth-order valence-corrected chi connectivity index (χ4v) is 5.48. The minimum absolute atomic E-state index is 0.00878. The molecule has 0 spiro atoms. The highest BCUT2D eigenvalue weighted by molar-refractivity contribution is 6.30. The minimum atomic E-state index is -0.00878. The number of H-pyrrole nitrogens is 1. The zero-order valence-corrected chi connectivity index (χ0v) is 23.5. The molecule has 1 amide bonds. The van der Waals surface area contributed by atoms with Crippen LogP contribution >= 0.6 is 11.6 Å². The molecule has 4 aromatic rings. The van der Waals surface area contributed by atoms with Crippen LogP contribution in [0.4, 0.5) is 0 Å². The molecule has 0 atom stereocenters. The molecule has 2 aromatic carbocycles. The van der Waals surface area contributed by atoms with Crippen molar-refractivity contribution < 1.29 is 4.79 Å². The van der Waals surface area contributed by atoms with Crippen molar-refractivity contribution in [1.29, 1.82) is 0 Å². The third-order valence-electron chi connectivity index (χ3n) is 7.49. The molecule has 11 heteroatoms. The molecule has 41 heavy (non-hydrogen) atoms. The summed E-state index contributed by atoms with van der Waals surface area (Å²) in [6, 6.07) is 16.2. The van der Waals surface area contributed by atoms with Crippen molar-refractivity contribution in [3.8, 4) is 5.69 Å². The van der Waals surface area contributed by atoms with E-state index in [1.165, 1.54) is 11.1 Å². The number of allylic oxidation sites excluding steroid dienone is 1. The number of amides is 1. The van der Waals surface area contributed by atoms with E-state index < -0.39 is 0 Å². The maximum atomic E-state index is 13.2. The lowest BCUT2D eigenvalue weighted by molar-refractivity contribution is -0.131. The fraction of sp³-hybridized carbons (Fsp3) is 0.267. The average Bonchev–Trinajstić information content (AvgIpc) is 3.73. The summed E-state index contributed by atoms with van der Waals surface area (Å²) >= 11 is 6.15. The van der Waals surface area contributed by atoms with E-state index in [1.807, 2.05) is 42.0 Å². The number of fused-ring (bicyclic) bond motifs is 2. The summed E-state index contributed by atoms with van der Waals surface area (Å²) in [6.45, 7) is 6.71. The number of rotatable bonds is 6.